The Morgan fingerprint density at radius 3 is 2.88 bits per heavy atom. The summed E-state index contributed by atoms with van der Waals surface area (Å²) in [5, 5.41) is 0. The van der Waals surface area contributed by atoms with Crippen molar-refractivity contribution in [2.75, 3.05) is 11.9 Å². The second kappa shape index (κ2) is 3.08. The van der Waals surface area contributed by atoms with Crippen molar-refractivity contribution in [3.05, 3.63) is 29.3 Å². The summed E-state index contributed by atoms with van der Waals surface area (Å²) in [4.78, 5) is 13.4. The molecule has 0 spiro atoms. The number of anilines is 1. The van der Waals surface area contributed by atoms with Crippen molar-refractivity contribution in [3.8, 4) is 0 Å². The first kappa shape index (κ1) is 9.85. The summed E-state index contributed by atoms with van der Waals surface area (Å²) in [7, 11) is 1.84. The lowest BCUT2D eigenvalue weighted by Crippen LogP contribution is -2.25. The predicted molar refractivity (Wildman–Crippen MR) is 63.4 cm³/mol. The molecule has 2 aliphatic rings. The van der Waals surface area contributed by atoms with E-state index < -0.39 is 0 Å². The largest absolute Gasteiger partial charge is 0.325 e. The number of carbonyl (C=O) groups is 1. The first-order valence-corrected chi connectivity index (χ1v) is 5.75. The van der Waals surface area contributed by atoms with Gasteiger partial charge in [-0.15, -0.1) is 0 Å². The molecule has 1 heterocycles. The van der Waals surface area contributed by atoms with Crippen LogP contribution in [0.3, 0.4) is 0 Å². The van der Waals surface area contributed by atoms with E-state index in [4.69, 9.17) is 5.73 Å². The normalized spacial score (nSPS) is 21.1. The minimum Gasteiger partial charge on any atom is -0.325 e. The molecule has 1 saturated carbocycles. The fourth-order valence-corrected chi connectivity index (χ4v) is 2.43. The molecule has 1 aliphatic carbocycles. The number of rotatable bonds is 2. The Labute approximate surface area is 95.2 Å². The van der Waals surface area contributed by atoms with E-state index in [-0.39, 0.29) is 11.4 Å². The fourth-order valence-electron chi connectivity index (χ4n) is 2.43. The molecule has 0 atom stereocenters. The van der Waals surface area contributed by atoms with Crippen LogP contribution in [0.1, 0.15) is 24.0 Å². The molecule has 1 aromatic carbocycles. The van der Waals surface area contributed by atoms with Gasteiger partial charge in [0.1, 0.15) is 0 Å². The van der Waals surface area contributed by atoms with E-state index in [2.05, 4.69) is 6.07 Å². The van der Waals surface area contributed by atoms with Crippen molar-refractivity contribution in [3.63, 3.8) is 0 Å². The Morgan fingerprint density at radius 1 is 1.44 bits per heavy atom. The molecular formula is C13H16N2O. The summed E-state index contributed by atoms with van der Waals surface area (Å²) >= 11 is 0. The third-order valence-corrected chi connectivity index (χ3v) is 3.75. The zero-order valence-corrected chi connectivity index (χ0v) is 9.49. The molecule has 84 valence electrons. The van der Waals surface area contributed by atoms with Gasteiger partial charge in [-0.3, -0.25) is 4.79 Å². The average Bonchev–Trinajstić information content (AvgIpc) is 2.90. The van der Waals surface area contributed by atoms with Crippen LogP contribution in [0.15, 0.2) is 18.2 Å². The lowest BCUT2D eigenvalue weighted by Gasteiger charge is -2.14. The van der Waals surface area contributed by atoms with Crippen LogP contribution in [0.4, 0.5) is 5.69 Å². The molecule has 2 N–H and O–H groups in total. The first-order chi connectivity index (χ1) is 7.59. The zero-order chi connectivity index (χ0) is 11.3. The van der Waals surface area contributed by atoms with Gasteiger partial charge in [0.15, 0.2) is 0 Å². The molecule has 3 heteroatoms. The standard InChI is InChI=1S/C13H16N2O/c1-15-11-4-2-3-9(8-13(14)5-6-13)10(11)7-12(15)16/h2-4H,5-8,14H2,1H3. The van der Waals surface area contributed by atoms with Crippen molar-refractivity contribution in [1.82, 2.24) is 0 Å². The second-order valence-electron chi connectivity index (χ2n) is 5.08. The number of hydrogen-bond donors (Lipinski definition) is 1. The van der Waals surface area contributed by atoms with Crippen LogP contribution in [-0.2, 0) is 17.6 Å². The highest BCUT2D eigenvalue weighted by Gasteiger charge is 2.39. The molecule has 16 heavy (non-hydrogen) atoms. The van der Waals surface area contributed by atoms with Gasteiger partial charge in [-0.1, -0.05) is 12.1 Å². The molecule has 0 bridgehead atoms. The summed E-state index contributed by atoms with van der Waals surface area (Å²) in [6, 6.07) is 6.15. The van der Waals surface area contributed by atoms with E-state index in [1.54, 1.807) is 4.90 Å². The monoisotopic (exact) mass is 216 g/mol. The molecular weight excluding hydrogens is 200 g/mol. The molecule has 1 aromatic rings. The van der Waals surface area contributed by atoms with Gasteiger partial charge in [0.2, 0.25) is 5.91 Å². The molecule has 0 radical (unpaired) electrons. The van der Waals surface area contributed by atoms with Crippen LogP contribution >= 0.6 is 0 Å². The van der Waals surface area contributed by atoms with Gasteiger partial charge in [-0.25, -0.2) is 0 Å². The van der Waals surface area contributed by atoms with Gasteiger partial charge in [0.05, 0.1) is 6.42 Å². The highest BCUT2D eigenvalue weighted by molar-refractivity contribution is 6.01. The fraction of sp³-hybridized carbons (Fsp3) is 0.462. The van der Waals surface area contributed by atoms with Crippen LogP contribution in [0.2, 0.25) is 0 Å². The topological polar surface area (TPSA) is 46.3 Å². The van der Waals surface area contributed by atoms with Gasteiger partial charge < -0.3 is 10.6 Å². The Bertz CT molecular complexity index is 463. The summed E-state index contributed by atoms with van der Waals surface area (Å²) in [6.45, 7) is 0. The van der Waals surface area contributed by atoms with Crippen molar-refractivity contribution < 1.29 is 4.79 Å². The van der Waals surface area contributed by atoms with E-state index in [0.29, 0.717) is 6.42 Å². The van der Waals surface area contributed by atoms with Gasteiger partial charge in [0, 0.05) is 18.3 Å². The van der Waals surface area contributed by atoms with Gasteiger partial charge >= 0.3 is 0 Å². The number of likely N-dealkylation sites (N-methyl/N-ethyl adjacent to an activating group) is 1. The number of nitrogens with zero attached hydrogens (tertiary/aromatic N) is 1. The lowest BCUT2D eigenvalue weighted by molar-refractivity contribution is -0.117. The maximum atomic E-state index is 11.7. The molecule has 0 aromatic heterocycles. The third-order valence-electron chi connectivity index (χ3n) is 3.75. The molecule has 1 fully saturated rings. The van der Waals surface area contributed by atoms with E-state index in [1.165, 1.54) is 11.1 Å². The number of nitrogens with two attached hydrogens (primary N) is 1. The third kappa shape index (κ3) is 1.43. The maximum Gasteiger partial charge on any atom is 0.231 e. The Balaban J connectivity index is 1.99. The number of fused-ring (bicyclic) bond motifs is 1. The zero-order valence-electron chi connectivity index (χ0n) is 9.49. The first-order valence-electron chi connectivity index (χ1n) is 5.75. The van der Waals surface area contributed by atoms with E-state index in [0.717, 1.165) is 24.9 Å². The predicted octanol–water partition coefficient (Wildman–Crippen LogP) is 1.24. The summed E-state index contributed by atoms with van der Waals surface area (Å²) in [5.74, 6) is 0.185. The molecule has 1 aliphatic heterocycles. The van der Waals surface area contributed by atoms with Gasteiger partial charge in [0.25, 0.3) is 0 Å². The van der Waals surface area contributed by atoms with Gasteiger partial charge in [-0.05, 0) is 36.5 Å². The molecule has 0 unspecified atom stereocenters. The molecule has 1 amide bonds. The van der Waals surface area contributed by atoms with Crippen molar-refractivity contribution in [2.24, 2.45) is 5.73 Å². The van der Waals surface area contributed by atoms with Crippen LogP contribution in [-0.4, -0.2) is 18.5 Å². The number of hydrogen-bond acceptors (Lipinski definition) is 2. The Morgan fingerprint density at radius 2 is 2.19 bits per heavy atom. The van der Waals surface area contributed by atoms with Crippen LogP contribution < -0.4 is 10.6 Å². The minimum atomic E-state index is 0.0132. The van der Waals surface area contributed by atoms with E-state index in [9.17, 15) is 4.79 Å². The van der Waals surface area contributed by atoms with E-state index in [1.807, 2.05) is 19.2 Å². The summed E-state index contributed by atoms with van der Waals surface area (Å²) in [5.41, 5.74) is 9.66. The number of amides is 1. The molecule has 3 nitrogen and oxygen atoms in total. The number of benzene rings is 1. The minimum absolute atomic E-state index is 0.0132. The molecule has 3 rings (SSSR count). The van der Waals surface area contributed by atoms with Crippen molar-refractivity contribution >= 4 is 11.6 Å². The Hall–Kier alpha value is -1.35. The summed E-state index contributed by atoms with van der Waals surface area (Å²) < 4.78 is 0. The lowest BCUT2D eigenvalue weighted by atomic mass is 9.97. The molecule has 0 saturated heterocycles. The second-order valence-corrected chi connectivity index (χ2v) is 5.08. The Kier molecular flexibility index (Phi) is 1.89. The van der Waals surface area contributed by atoms with Crippen LogP contribution in [0.5, 0.6) is 0 Å². The highest BCUT2D eigenvalue weighted by Crippen LogP contribution is 2.39. The van der Waals surface area contributed by atoms with Crippen LogP contribution in [0.25, 0.3) is 0 Å². The van der Waals surface area contributed by atoms with Crippen molar-refractivity contribution in [1.29, 1.82) is 0 Å². The SMILES string of the molecule is CN1C(=O)Cc2c(CC3(N)CC3)cccc21. The highest BCUT2D eigenvalue weighted by atomic mass is 16.2. The average molecular weight is 216 g/mol. The van der Waals surface area contributed by atoms with Crippen molar-refractivity contribution in [2.45, 2.75) is 31.2 Å². The maximum absolute atomic E-state index is 11.7. The number of carbonyl (C=O) groups excluding carboxylic acids is 1. The summed E-state index contributed by atoms with van der Waals surface area (Å²) in [6.07, 6.45) is 3.68. The van der Waals surface area contributed by atoms with Crippen LogP contribution in [0, 0.1) is 0 Å². The van der Waals surface area contributed by atoms with Gasteiger partial charge in [-0.2, -0.15) is 0 Å². The smallest absolute Gasteiger partial charge is 0.231 e. The quantitative estimate of drug-likeness (QED) is 0.808. The van der Waals surface area contributed by atoms with E-state index >= 15 is 0 Å².